The predicted molar refractivity (Wildman–Crippen MR) is 86.3 cm³/mol. The summed E-state index contributed by atoms with van der Waals surface area (Å²) in [6.07, 6.45) is 0.864. The highest BCUT2D eigenvalue weighted by atomic mass is 16.5. The maximum Gasteiger partial charge on any atom is 0.255 e. The molecule has 0 spiro atoms. The van der Waals surface area contributed by atoms with E-state index in [2.05, 4.69) is 5.32 Å². The molecule has 0 aromatic heterocycles. The van der Waals surface area contributed by atoms with E-state index in [0.29, 0.717) is 5.75 Å². The normalized spacial score (nSPS) is 19.0. The van der Waals surface area contributed by atoms with Gasteiger partial charge in [-0.05, 0) is 30.2 Å². The Kier molecular flexibility index (Phi) is 4.10. The first-order valence-corrected chi connectivity index (χ1v) is 7.45. The molecule has 2 aromatic rings. The van der Waals surface area contributed by atoms with Crippen LogP contribution in [0.25, 0.3) is 0 Å². The summed E-state index contributed by atoms with van der Waals surface area (Å²) >= 11 is 0. The number of carbonyl (C=O) groups excluding carboxylic acids is 1. The molecule has 1 aliphatic rings. The second-order valence-electron chi connectivity index (χ2n) is 5.55. The quantitative estimate of drug-likeness (QED) is 0.890. The van der Waals surface area contributed by atoms with Crippen LogP contribution in [-0.4, -0.2) is 31.3 Å². The fourth-order valence-corrected chi connectivity index (χ4v) is 2.75. The van der Waals surface area contributed by atoms with E-state index < -0.39 is 0 Å². The largest absolute Gasteiger partial charge is 0.507 e. The molecule has 2 atom stereocenters. The number of amides is 1. The molecule has 1 amide bonds. The Bertz CT molecular complexity index is 729. The fraction of sp³-hybridized carbons (Fsp3) is 0.278. The first kappa shape index (κ1) is 15.2. The molecule has 0 unspecified atom stereocenters. The molecule has 0 saturated heterocycles. The van der Waals surface area contributed by atoms with Crippen LogP contribution < -0.4 is 14.8 Å². The summed E-state index contributed by atoms with van der Waals surface area (Å²) in [5.74, 6) is 1.22. The van der Waals surface area contributed by atoms with E-state index in [-0.39, 0.29) is 29.2 Å². The van der Waals surface area contributed by atoms with Crippen LogP contribution in [0.4, 0.5) is 0 Å². The van der Waals surface area contributed by atoms with Crippen molar-refractivity contribution in [3.63, 3.8) is 0 Å². The summed E-state index contributed by atoms with van der Waals surface area (Å²) in [7, 11) is 3.15. The van der Waals surface area contributed by atoms with Gasteiger partial charge in [0.05, 0.1) is 19.8 Å². The molecule has 5 nitrogen and oxygen atoms in total. The van der Waals surface area contributed by atoms with Crippen LogP contribution in [0, 0.1) is 0 Å². The maximum absolute atomic E-state index is 12.3. The number of hydrogen-bond donors (Lipinski definition) is 2. The van der Waals surface area contributed by atoms with E-state index >= 15 is 0 Å². The lowest BCUT2D eigenvalue weighted by Gasteiger charge is -2.10. The van der Waals surface area contributed by atoms with Crippen molar-refractivity contribution in [1.29, 1.82) is 0 Å². The summed E-state index contributed by atoms with van der Waals surface area (Å²) in [6, 6.07) is 12.5. The van der Waals surface area contributed by atoms with Gasteiger partial charge in [0.1, 0.15) is 17.2 Å². The first-order chi connectivity index (χ1) is 11.1. The number of benzene rings is 2. The summed E-state index contributed by atoms with van der Waals surface area (Å²) < 4.78 is 10.4. The highest BCUT2D eigenvalue weighted by molar-refractivity contribution is 5.97. The van der Waals surface area contributed by atoms with Gasteiger partial charge in [0, 0.05) is 18.0 Å². The monoisotopic (exact) mass is 313 g/mol. The van der Waals surface area contributed by atoms with E-state index in [9.17, 15) is 9.90 Å². The molecule has 1 saturated carbocycles. The third-order valence-corrected chi connectivity index (χ3v) is 4.09. The average molecular weight is 313 g/mol. The summed E-state index contributed by atoms with van der Waals surface area (Å²) in [6.45, 7) is 0. The summed E-state index contributed by atoms with van der Waals surface area (Å²) in [5, 5.41) is 12.9. The molecule has 5 heteroatoms. The van der Waals surface area contributed by atoms with Crippen molar-refractivity contribution in [3.8, 4) is 17.2 Å². The zero-order valence-electron chi connectivity index (χ0n) is 13.1. The molecule has 0 bridgehead atoms. The molecule has 1 aliphatic carbocycles. The molecule has 23 heavy (non-hydrogen) atoms. The van der Waals surface area contributed by atoms with Crippen molar-refractivity contribution in [2.45, 2.75) is 18.4 Å². The second-order valence-corrected chi connectivity index (χ2v) is 5.55. The number of aromatic hydroxyl groups is 1. The lowest BCUT2D eigenvalue weighted by atomic mass is 10.1. The van der Waals surface area contributed by atoms with E-state index in [1.807, 2.05) is 24.3 Å². The van der Waals surface area contributed by atoms with E-state index in [0.717, 1.165) is 17.7 Å². The van der Waals surface area contributed by atoms with Gasteiger partial charge in [0.2, 0.25) is 0 Å². The minimum atomic E-state index is -0.285. The lowest BCUT2D eigenvalue weighted by molar-refractivity contribution is 0.0947. The van der Waals surface area contributed by atoms with Crippen LogP contribution in [0.3, 0.4) is 0 Å². The molecule has 0 radical (unpaired) electrons. The van der Waals surface area contributed by atoms with Crippen LogP contribution in [0.15, 0.2) is 42.5 Å². The molecule has 2 aromatic carbocycles. The number of phenols is 1. The van der Waals surface area contributed by atoms with Crippen molar-refractivity contribution in [2.24, 2.45) is 0 Å². The number of methoxy groups -OCH3 is 2. The van der Waals surface area contributed by atoms with Gasteiger partial charge in [-0.2, -0.15) is 0 Å². The lowest BCUT2D eigenvalue weighted by Crippen LogP contribution is -2.26. The van der Waals surface area contributed by atoms with Crippen LogP contribution >= 0.6 is 0 Å². The Balaban J connectivity index is 1.68. The number of ether oxygens (including phenoxy) is 2. The van der Waals surface area contributed by atoms with Crippen LogP contribution in [0.5, 0.6) is 17.2 Å². The van der Waals surface area contributed by atoms with Gasteiger partial charge in [-0.15, -0.1) is 0 Å². The minimum absolute atomic E-state index is 0.0558. The molecule has 120 valence electrons. The molecule has 1 fully saturated rings. The second kappa shape index (κ2) is 6.20. The van der Waals surface area contributed by atoms with Crippen molar-refractivity contribution in [1.82, 2.24) is 5.32 Å². The molecule has 2 N–H and O–H groups in total. The number of phenolic OH excluding ortho intramolecular Hbond substituents is 1. The molecule has 0 aliphatic heterocycles. The predicted octanol–water partition coefficient (Wildman–Crippen LogP) is 2.70. The Labute approximate surface area is 134 Å². The van der Waals surface area contributed by atoms with Gasteiger partial charge in [-0.3, -0.25) is 4.79 Å². The number of nitrogens with one attached hydrogen (secondary N) is 1. The smallest absolute Gasteiger partial charge is 0.255 e. The maximum atomic E-state index is 12.3. The van der Waals surface area contributed by atoms with Gasteiger partial charge >= 0.3 is 0 Å². The van der Waals surface area contributed by atoms with E-state index in [1.165, 1.54) is 13.2 Å². The van der Waals surface area contributed by atoms with Gasteiger partial charge < -0.3 is 19.9 Å². The van der Waals surface area contributed by atoms with Gasteiger partial charge in [0.25, 0.3) is 5.91 Å². The summed E-state index contributed by atoms with van der Waals surface area (Å²) in [5.41, 5.74) is 1.34. The zero-order chi connectivity index (χ0) is 16.4. The van der Waals surface area contributed by atoms with Crippen LogP contribution in [0.2, 0.25) is 0 Å². The average Bonchev–Trinajstić information content (AvgIpc) is 3.33. The van der Waals surface area contributed by atoms with Gasteiger partial charge in [-0.1, -0.05) is 18.2 Å². The van der Waals surface area contributed by atoms with Gasteiger partial charge in [-0.25, -0.2) is 0 Å². The van der Waals surface area contributed by atoms with E-state index in [1.54, 1.807) is 19.2 Å². The number of para-hydroxylation sites is 1. The van der Waals surface area contributed by atoms with Gasteiger partial charge in [0.15, 0.2) is 0 Å². The molecular weight excluding hydrogens is 294 g/mol. The standard InChI is InChI=1S/C18H19NO4/c1-22-11-7-8-13(16(20)9-11)18(21)19-15-10-14(15)12-5-3-4-6-17(12)23-2/h3-9,14-15,20H,10H2,1-2H3,(H,19,21)/t14-,15-/m1/s1. The molecule has 0 heterocycles. The molecule has 3 rings (SSSR count). The first-order valence-electron chi connectivity index (χ1n) is 7.45. The van der Waals surface area contributed by atoms with Crippen LogP contribution in [-0.2, 0) is 0 Å². The summed E-state index contributed by atoms with van der Waals surface area (Å²) in [4.78, 5) is 12.3. The van der Waals surface area contributed by atoms with Crippen molar-refractivity contribution in [3.05, 3.63) is 53.6 Å². The Morgan fingerprint density at radius 1 is 1.17 bits per heavy atom. The SMILES string of the molecule is COc1ccc(C(=O)N[C@@H]2C[C@@H]2c2ccccc2OC)c(O)c1. The van der Waals surface area contributed by atoms with Crippen LogP contribution in [0.1, 0.15) is 28.3 Å². The minimum Gasteiger partial charge on any atom is -0.507 e. The zero-order valence-corrected chi connectivity index (χ0v) is 13.1. The Hall–Kier alpha value is -2.69. The van der Waals surface area contributed by atoms with Crippen molar-refractivity contribution >= 4 is 5.91 Å². The van der Waals surface area contributed by atoms with Crippen molar-refractivity contribution < 1.29 is 19.4 Å². The Morgan fingerprint density at radius 3 is 2.65 bits per heavy atom. The third kappa shape index (κ3) is 3.08. The molecular formula is C18H19NO4. The highest BCUT2D eigenvalue weighted by Gasteiger charge is 2.41. The fourth-order valence-electron chi connectivity index (χ4n) is 2.75. The topological polar surface area (TPSA) is 67.8 Å². The number of hydrogen-bond acceptors (Lipinski definition) is 4. The number of carbonyl (C=O) groups is 1. The van der Waals surface area contributed by atoms with E-state index in [4.69, 9.17) is 9.47 Å². The number of rotatable bonds is 5. The Morgan fingerprint density at radius 2 is 1.96 bits per heavy atom. The van der Waals surface area contributed by atoms with Crippen molar-refractivity contribution in [2.75, 3.05) is 14.2 Å². The third-order valence-electron chi connectivity index (χ3n) is 4.09. The highest BCUT2D eigenvalue weighted by Crippen LogP contribution is 2.44.